The number of likely N-dealkylation sites (N-methyl/N-ethyl adjacent to an activating group) is 1. The minimum atomic E-state index is -0.343. The minimum absolute atomic E-state index is 0.203. The van der Waals surface area contributed by atoms with Gasteiger partial charge >= 0.3 is 0 Å². The van der Waals surface area contributed by atoms with Gasteiger partial charge < -0.3 is 4.90 Å². The number of benzene rings is 2. The van der Waals surface area contributed by atoms with Crippen molar-refractivity contribution < 1.29 is 4.39 Å². The van der Waals surface area contributed by atoms with Gasteiger partial charge in [0.15, 0.2) is 0 Å². The molecule has 150 valence electrons. The van der Waals surface area contributed by atoms with Crippen LogP contribution < -0.4 is 5.56 Å². The number of halogens is 1. The number of nitrogens with one attached hydrogen (secondary N) is 1. The van der Waals surface area contributed by atoms with Crippen LogP contribution in [0.3, 0.4) is 0 Å². The number of hydrogen-bond donors (Lipinski definition) is 1. The first-order valence-corrected chi connectivity index (χ1v) is 9.68. The topological polar surface area (TPSA) is 56.6 Å². The average molecular weight is 393 g/mol. The lowest BCUT2D eigenvalue weighted by atomic mass is 10.1. The van der Waals surface area contributed by atoms with E-state index in [1.165, 1.54) is 16.8 Å². The Morgan fingerprint density at radius 1 is 1.00 bits per heavy atom. The number of hydrogen-bond acceptors (Lipinski definition) is 4. The largest absolute Gasteiger partial charge is 0.303 e. The minimum Gasteiger partial charge on any atom is -0.303 e. The molecule has 2 heterocycles. The maximum absolute atomic E-state index is 13.3. The molecule has 1 saturated heterocycles. The van der Waals surface area contributed by atoms with Crippen LogP contribution in [0.15, 0.2) is 64.5 Å². The highest BCUT2D eigenvalue weighted by Gasteiger charge is 2.21. The van der Waals surface area contributed by atoms with E-state index in [4.69, 9.17) is 5.10 Å². The van der Waals surface area contributed by atoms with Crippen LogP contribution in [0.2, 0.25) is 0 Å². The zero-order valence-corrected chi connectivity index (χ0v) is 16.6. The van der Waals surface area contributed by atoms with Crippen LogP contribution in [-0.2, 0) is 0 Å². The molecule has 0 spiro atoms. The zero-order valence-electron chi connectivity index (χ0n) is 16.6. The lowest BCUT2D eigenvalue weighted by Crippen LogP contribution is -2.42. The van der Waals surface area contributed by atoms with Gasteiger partial charge in [0.2, 0.25) is 0 Å². The normalized spacial score (nSPS) is 15.7. The molecule has 0 radical (unpaired) electrons. The van der Waals surface area contributed by atoms with Gasteiger partial charge in [-0.15, -0.1) is 0 Å². The lowest BCUT2D eigenvalue weighted by molar-refractivity contribution is 0.159. The van der Waals surface area contributed by atoms with E-state index in [9.17, 15) is 9.18 Å². The molecule has 1 aromatic heterocycles. The van der Waals surface area contributed by atoms with Gasteiger partial charge in [0.05, 0.1) is 22.7 Å². The first-order valence-electron chi connectivity index (χ1n) is 9.68. The smallest absolute Gasteiger partial charge is 0.281 e. The number of piperazine rings is 1. The van der Waals surface area contributed by atoms with Gasteiger partial charge in [-0.05, 0) is 38.2 Å². The van der Waals surface area contributed by atoms with Gasteiger partial charge in [-0.25, -0.2) is 9.07 Å². The molecule has 4 rings (SSSR count). The molecule has 0 bridgehead atoms. The SMILES string of the molecule is CC(=NN1CCN(C)CC1)c1c(-c2ccccc2)[nH]n(-c2ccc(F)cc2)c1=O. The van der Waals surface area contributed by atoms with Gasteiger partial charge in [-0.3, -0.25) is 14.9 Å². The summed E-state index contributed by atoms with van der Waals surface area (Å²) in [5, 5.41) is 9.95. The van der Waals surface area contributed by atoms with E-state index in [-0.39, 0.29) is 11.4 Å². The molecular weight excluding hydrogens is 369 g/mol. The Bertz CT molecular complexity index is 1060. The summed E-state index contributed by atoms with van der Waals surface area (Å²) in [4.78, 5) is 15.6. The molecule has 0 aliphatic carbocycles. The van der Waals surface area contributed by atoms with E-state index in [1.54, 1.807) is 12.1 Å². The Balaban J connectivity index is 1.81. The fourth-order valence-corrected chi connectivity index (χ4v) is 3.52. The highest BCUT2D eigenvalue weighted by molar-refractivity contribution is 6.03. The molecule has 1 N–H and O–H groups in total. The summed E-state index contributed by atoms with van der Waals surface area (Å²) in [5.41, 5.74) is 3.16. The number of aromatic nitrogens is 2. The predicted molar refractivity (Wildman–Crippen MR) is 113 cm³/mol. The molecule has 1 fully saturated rings. The van der Waals surface area contributed by atoms with Gasteiger partial charge in [-0.2, -0.15) is 5.10 Å². The fourth-order valence-electron chi connectivity index (χ4n) is 3.52. The van der Waals surface area contributed by atoms with Gasteiger partial charge in [-0.1, -0.05) is 30.3 Å². The zero-order chi connectivity index (χ0) is 20.4. The Kier molecular flexibility index (Phi) is 5.31. The third-order valence-corrected chi connectivity index (χ3v) is 5.17. The van der Waals surface area contributed by atoms with Crippen molar-refractivity contribution in [3.63, 3.8) is 0 Å². The van der Waals surface area contributed by atoms with Crippen LogP contribution >= 0.6 is 0 Å². The second-order valence-electron chi connectivity index (χ2n) is 7.29. The average Bonchev–Trinajstić information content (AvgIpc) is 3.08. The first kappa shape index (κ1) is 19.1. The standard InChI is InChI=1S/C22H24FN5O/c1-16(24-27-14-12-26(2)13-15-27)20-21(17-6-4-3-5-7-17)25-28(22(20)29)19-10-8-18(23)9-11-19/h3-11,25H,12-15H2,1-2H3. The number of nitrogens with zero attached hydrogens (tertiary/aromatic N) is 4. The number of H-pyrrole nitrogens is 1. The second kappa shape index (κ2) is 8.05. The summed E-state index contributed by atoms with van der Waals surface area (Å²) in [5.74, 6) is -0.343. The quantitative estimate of drug-likeness (QED) is 0.694. The van der Waals surface area contributed by atoms with E-state index in [1.807, 2.05) is 42.3 Å². The van der Waals surface area contributed by atoms with Gasteiger partial charge in [0, 0.05) is 31.7 Å². The van der Waals surface area contributed by atoms with E-state index in [0.717, 1.165) is 31.7 Å². The van der Waals surface area contributed by atoms with Crippen LogP contribution in [0.4, 0.5) is 4.39 Å². The van der Waals surface area contributed by atoms with Crippen molar-refractivity contribution in [2.75, 3.05) is 33.2 Å². The predicted octanol–water partition coefficient (Wildman–Crippen LogP) is 2.94. The van der Waals surface area contributed by atoms with Crippen molar-refractivity contribution >= 4 is 5.71 Å². The van der Waals surface area contributed by atoms with E-state index < -0.39 is 0 Å². The maximum atomic E-state index is 13.3. The van der Waals surface area contributed by atoms with Crippen LogP contribution in [0, 0.1) is 5.82 Å². The Hall–Kier alpha value is -3.19. The van der Waals surface area contributed by atoms with Crippen LogP contribution in [0.25, 0.3) is 16.9 Å². The molecule has 6 nitrogen and oxygen atoms in total. The highest BCUT2D eigenvalue weighted by Crippen LogP contribution is 2.22. The van der Waals surface area contributed by atoms with E-state index in [2.05, 4.69) is 17.0 Å². The highest BCUT2D eigenvalue weighted by atomic mass is 19.1. The van der Waals surface area contributed by atoms with Gasteiger partial charge in [0.1, 0.15) is 5.82 Å². The van der Waals surface area contributed by atoms with Crippen molar-refractivity contribution in [1.82, 2.24) is 19.7 Å². The van der Waals surface area contributed by atoms with Crippen molar-refractivity contribution in [1.29, 1.82) is 0 Å². The van der Waals surface area contributed by atoms with Crippen molar-refractivity contribution in [3.8, 4) is 16.9 Å². The summed E-state index contributed by atoms with van der Waals surface area (Å²) < 4.78 is 14.8. The molecule has 0 amide bonds. The van der Waals surface area contributed by atoms with Crippen LogP contribution in [0.5, 0.6) is 0 Å². The summed E-state index contributed by atoms with van der Waals surface area (Å²) in [6.45, 7) is 5.39. The molecule has 3 aromatic rings. The van der Waals surface area contributed by atoms with Crippen LogP contribution in [0.1, 0.15) is 12.5 Å². The third kappa shape index (κ3) is 4.00. The van der Waals surface area contributed by atoms with Crippen molar-refractivity contribution in [2.24, 2.45) is 5.10 Å². The molecule has 1 aliphatic rings. The first-order chi connectivity index (χ1) is 14.0. The molecule has 0 unspecified atom stereocenters. The van der Waals surface area contributed by atoms with E-state index >= 15 is 0 Å². The lowest BCUT2D eigenvalue weighted by Gasteiger charge is -2.30. The molecule has 0 atom stereocenters. The summed E-state index contributed by atoms with van der Waals surface area (Å²) in [6, 6.07) is 15.5. The number of aromatic amines is 1. The Morgan fingerprint density at radius 2 is 1.66 bits per heavy atom. The summed E-state index contributed by atoms with van der Waals surface area (Å²) in [6.07, 6.45) is 0. The number of rotatable bonds is 4. The molecule has 7 heteroatoms. The summed E-state index contributed by atoms with van der Waals surface area (Å²) >= 11 is 0. The molecule has 29 heavy (non-hydrogen) atoms. The third-order valence-electron chi connectivity index (χ3n) is 5.17. The maximum Gasteiger partial charge on any atom is 0.281 e. The Labute approximate surface area is 168 Å². The van der Waals surface area contributed by atoms with Crippen molar-refractivity contribution in [2.45, 2.75) is 6.92 Å². The molecular formula is C22H24FN5O. The molecule has 1 aliphatic heterocycles. The molecule has 2 aromatic carbocycles. The van der Waals surface area contributed by atoms with Crippen LogP contribution in [-0.4, -0.2) is 58.6 Å². The monoisotopic (exact) mass is 393 g/mol. The van der Waals surface area contributed by atoms with E-state index in [0.29, 0.717) is 22.7 Å². The van der Waals surface area contributed by atoms with Crippen molar-refractivity contribution in [3.05, 3.63) is 76.3 Å². The Morgan fingerprint density at radius 3 is 2.31 bits per heavy atom. The molecule has 0 saturated carbocycles. The summed E-state index contributed by atoms with van der Waals surface area (Å²) in [7, 11) is 2.09. The van der Waals surface area contributed by atoms with Gasteiger partial charge in [0.25, 0.3) is 5.56 Å². The fraction of sp³-hybridized carbons (Fsp3) is 0.273. The second-order valence-corrected chi connectivity index (χ2v) is 7.29. The number of hydrazone groups is 1.